The van der Waals surface area contributed by atoms with Crippen LogP contribution in [0, 0.1) is 11.3 Å². The van der Waals surface area contributed by atoms with Gasteiger partial charge in [-0.15, -0.1) is 0 Å². The van der Waals surface area contributed by atoms with Crippen LogP contribution >= 0.6 is 0 Å². The first-order valence-electron chi connectivity index (χ1n) is 11.6. The number of benzene rings is 2. The Kier molecular flexibility index (Phi) is 5.97. The van der Waals surface area contributed by atoms with Crippen molar-refractivity contribution in [1.29, 1.82) is 5.26 Å². The van der Waals surface area contributed by atoms with E-state index in [4.69, 9.17) is 10.2 Å². The summed E-state index contributed by atoms with van der Waals surface area (Å²) in [5.74, 6) is 0.688. The second kappa shape index (κ2) is 9.24. The Hall–Kier alpha value is -4.16. The number of rotatable bonds is 5. The number of nitriles is 1. The van der Waals surface area contributed by atoms with E-state index in [9.17, 15) is 9.59 Å². The van der Waals surface area contributed by atoms with Gasteiger partial charge in [0.05, 0.1) is 18.2 Å². The fraction of sp³-hybridized carbons (Fsp3) is 0.308. The van der Waals surface area contributed by atoms with Gasteiger partial charge in [-0.1, -0.05) is 42.5 Å². The number of anilines is 1. The molecule has 0 radical (unpaired) electrons. The van der Waals surface area contributed by atoms with E-state index in [-0.39, 0.29) is 11.6 Å². The van der Waals surface area contributed by atoms with Crippen molar-refractivity contribution in [2.24, 2.45) is 14.1 Å². The Bertz CT molecular complexity index is 1530. The summed E-state index contributed by atoms with van der Waals surface area (Å²) >= 11 is 0. The molecule has 0 aliphatic carbocycles. The lowest BCUT2D eigenvalue weighted by atomic mass is 10.0. The van der Waals surface area contributed by atoms with Crippen molar-refractivity contribution in [3.05, 3.63) is 92.1 Å². The zero-order chi connectivity index (χ0) is 24.5. The van der Waals surface area contributed by atoms with Crippen LogP contribution in [-0.2, 0) is 27.1 Å². The van der Waals surface area contributed by atoms with Crippen LogP contribution in [0.5, 0.6) is 0 Å². The van der Waals surface area contributed by atoms with Gasteiger partial charge in [0.1, 0.15) is 0 Å². The van der Waals surface area contributed by atoms with Crippen molar-refractivity contribution < 1.29 is 0 Å². The Balaban J connectivity index is 1.54. The molecular formula is C26H27N7O2. The van der Waals surface area contributed by atoms with Crippen molar-refractivity contribution in [2.45, 2.75) is 19.0 Å². The van der Waals surface area contributed by atoms with Gasteiger partial charge in [-0.05, 0) is 29.7 Å². The molecule has 1 aliphatic rings. The number of aromatic nitrogens is 4. The molecule has 9 heteroatoms. The number of imidazole rings is 1. The van der Waals surface area contributed by atoms with E-state index in [1.165, 1.54) is 11.6 Å². The zero-order valence-electron chi connectivity index (χ0n) is 19.8. The molecule has 0 spiro atoms. The molecule has 3 heterocycles. The molecule has 5 rings (SSSR count). The minimum atomic E-state index is -0.391. The van der Waals surface area contributed by atoms with Crippen molar-refractivity contribution >= 4 is 17.1 Å². The topological polar surface area (TPSA) is 101 Å². The van der Waals surface area contributed by atoms with Crippen LogP contribution in [0.4, 0.5) is 5.95 Å². The normalized spacial score (nSPS) is 15.9. The van der Waals surface area contributed by atoms with E-state index < -0.39 is 5.69 Å². The lowest BCUT2D eigenvalue weighted by molar-refractivity contribution is 0.447. The molecule has 1 N–H and O–H groups in total. The number of nitrogens with one attached hydrogen (secondary N) is 1. The summed E-state index contributed by atoms with van der Waals surface area (Å²) in [5.41, 5.74) is 2.93. The second-order valence-electron chi connectivity index (χ2n) is 8.97. The van der Waals surface area contributed by atoms with Crippen LogP contribution < -0.4 is 21.5 Å². The van der Waals surface area contributed by atoms with Crippen LogP contribution in [0.1, 0.15) is 16.7 Å². The minimum absolute atomic E-state index is 0.174. The van der Waals surface area contributed by atoms with E-state index in [1.807, 2.05) is 59.2 Å². The third kappa shape index (κ3) is 4.24. The number of nitrogens with zero attached hydrogens (tertiary/aromatic N) is 6. The van der Waals surface area contributed by atoms with Crippen LogP contribution in [0.15, 0.2) is 64.2 Å². The summed E-state index contributed by atoms with van der Waals surface area (Å²) in [5, 5.41) is 12.6. The predicted octanol–water partition coefficient (Wildman–Crippen LogP) is 1.37. The Morgan fingerprint density at radius 1 is 1.03 bits per heavy atom. The zero-order valence-corrected chi connectivity index (χ0v) is 19.8. The van der Waals surface area contributed by atoms with Gasteiger partial charge in [-0.3, -0.25) is 18.5 Å². The van der Waals surface area contributed by atoms with Gasteiger partial charge >= 0.3 is 5.69 Å². The molecule has 9 nitrogen and oxygen atoms in total. The highest BCUT2D eigenvalue weighted by Crippen LogP contribution is 2.23. The molecule has 1 saturated heterocycles. The molecule has 0 unspecified atom stereocenters. The van der Waals surface area contributed by atoms with Gasteiger partial charge in [-0.2, -0.15) is 10.2 Å². The van der Waals surface area contributed by atoms with Gasteiger partial charge in [0.2, 0.25) is 5.95 Å². The average Bonchev–Trinajstić information content (AvgIpc) is 3.26. The number of hydrogen-bond donors (Lipinski definition) is 1. The largest absolute Gasteiger partial charge is 0.339 e. The van der Waals surface area contributed by atoms with Crippen molar-refractivity contribution in [3.63, 3.8) is 0 Å². The smallest absolute Gasteiger partial charge is 0.332 e. The highest BCUT2D eigenvalue weighted by molar-refractivity contribution is 5.75. The predicted molar refractivity (Wildman–Crippen MR) is 135 cm³/mol. The monoisotopic (exact) mass is 469 g/mol. The Labute approximate surface area is 202 Å². The first-order chi connectivity index (χ1) is 17.0. The summed E-state index contributed by atoms with van der Waals surface area (Å²) in [4.78, 5) is 32.8. The maximum absolute atomic E-state index is 13.2. The molecule has 4 aromatic rings. The maximum atomic E-state index is 13.2. The summed E-state index contributed by atoms with van der Waals surface area (Å²) in [6.07, 6.45) is 0.807. The number of aryl methyl sites for hydroxylation is 1. The average molecular weight is 470 g/mol. The Morgan fingerprint density at radius 3 is 2.49 bits per heavy atom. The molecular weight excluding hydrogens is 442 g/mol. The van der Waals surface area contributed by atoms with Crippen LogP contribution in [0.25, 0.3) is 11.2 Å². The van der Waals surface area contributed by atoms with Gasteiger partial charge < -0.3 is 10.2 Å². The highest BCUT2D eigenvalue weighted by Gasteiger charge is 2.27. The van der Waals surface area contributed by atoms with Crippen molar-refractivity contribution in [1.82, 2.24) is 24.0 Å². The molecule has 1 fully saturated rings. The first kappa shape index (κ1) is 22.6. The van der Waals surface area contributed by atoms with E-state index in [0.29, 0.717) is 35.8 Å². The summed E-state index contributed by atoms with van der Waals surface area (Å²) < 4.78 is 4.52. The van der Waals surface area contributed by atoms with E-state index in [0.717, 1.165) is 35.2 Å². The first-order valence-corrected chi connectivity index (χ1v) is 11.6. The van der Waals surface area contributed by atoms with Crippen LogP contribution in [0.3, 0.4) is 0 Å². The van der Waals surface area contributed by atoms with E-state index in [1.54, 1.807) is 7.05 Å². The molecule has 0 saturated carbocycles. The molecule has 0 bridgehead atoms. The lowest BCUT2D eigenvalue weighted by Crippen LogP contribution is -2.52. The summed E-state index contributed by atoms with van der Waals surface area (Å²) in [6.45, 7) is 2.68. The van der Waals surface area contributed by atoms with Crippen LogP contribution in [-0.4, -0.2) is 44.4 Å². The third-order valence-electron chi connectivity index (χ3n) is 6.61. The van der Waals surface area contributed by atoms with Gasteiger partial charge in [0.25, 0.3) is 5.56 Å². The number of hydrogen-bond acceptors (Lipinski definition) is 6. The lowest BCUT2D eigenvalue weighted by Gasteiger charge is -2.34. The van der Waals surface area contributed by atoms with Gasteiger partial charge in [-0.25, -0.2) is 4.79 Å². The molecule has 2 aromatic carbocycles. The van der Waals surface area contributed by atoms with Crippen molar-refractivity contribution in [3.8, 4) is 6.07 Å². The summed E-state index contributed by atoms with van der Waals surface area (Å²) in [6, 6.07) is 19.9. The molecule has 0 amide bonds. The molecule has 2 aromatic heterocycles. The number of piperazine rings is 1. The fourth-order valence-corrected chi connectivity index (χ4v) is 4.74. The van der Waals surface area contributed by atoms with Gasteiger partial charge in [0, 0.05) is 39.8 Å². The van der Waals surface area contributed by atoms with E-state index in [2.05, 4.69) is 16.3 Å². The molecule has 178 valence electrons. The second-order valence-corrected chi connectivity index (χ2v) is 8.97. The molecule has 1 atom stereocenters. The highest BCUT2D eigenvalue weighted by atomic mass is 16.2. The SMILES string of the molecule is Cn1c(=O)c2c(nc(N3CCN[C@H](Cc4ccc(C#N)cc4)C3)n2Cc2ccccc2)n(C)c1=O. The van der Waals surface area contributed by atoms with Crippen molar-refractivity contribution in [2.75, 3.05) is 24.5 Å². The quantitative estimate of drug-likeness (QED) is 0.474. The van der Waals surface area contributed by atoms with Crippen LogP contribution in [0.2, 0.25) is 0 Å². The number of fused-ring (bicyclic) bond motifs is 1. The van der Waals surface area contributed by atoms with Gasteiger partial charge in [0.15, 0.2) is 11.2 Å². The maximum Gasteiger partial charge on any atom is 0.332 e. The molecule has 1 aliphatic heterocycles. The standard InChI is InChI=1S/C26H27N7O2/c1-30-23-22(24(34)31(2)26(30)35)33(16-20-6-4-3-5-7-20)25(29-23)32-13-12-28-21(17-32)14-18-8-10-19(15-27)11-9-18/h3-11,21,28H,12-14,16-17H2,1-2H3/t21-/m1/s1. The molecule has 35 heavy (non-hydrogen) atoms. The minimum Gasteiger partial charge on any atom is -0.339 e. The third-order valence-corrected chi connectivity index (χ3v) is 6.61. The summed E-state index contributed by atoms with van der Waals surface area (Å²) in [7, 11) is 3.15. The van der Waals surface area contributed by atoms with E-state index >= 15 is 0 Å². The fourth-order valence-electron chi connectivity index (χ4n) is 4.74. The Morgan fingerprint density at radius 2 is 1.77 bits per heavy atom.